The highest BCUT2D eigenvalue weighted by Gasteiger charge is 2.05. The van der Waals surface area contributed by atoms with Gasteiger partial charge in [-0.3, -0.25) is 20.4 Å². The summed E-state index contributed by atoms with van der Waals surface area (Å²) in [7, 11) is 0. The molecule has 2 amide bonds. The molecule has 0 fully saturated rings. The second-order valence-corrected chi connectivity index (χ2v) is 5.14. The first-order valence-corrected chi connectivity index (χ1v) is 7.37. The maximum atomic E-state index is 11.5. The molecule has 2 N–H and O–H groups in total. The maximum Gasteiger partial charge on any atom is 0.238 e. The topological polar surface area (TPSA) is 67.4 Å². The van der Waals surface area contributed by atoms with Gasteiger partial charge in [0.25, 0.3) is 0 Å². The molecule has 0 aliphatic rings. The molecule has 0 aliphatic carbocycles. The lowest BCUT2D eigenvalue weighted by Crippen LogP contribution is -2.41. The van der Waals surface area contributed by atoms with E-state index in [4.69, 9.17) is 16.3 Å². The molecule has 116 valence electrons. The van der Waals surface area contributed by atoms with Crippen molar-refractivity contribution in [2.24, 2.45) is 0 Å². The number of benzene rings is 1. The molecule has 0 saturated heterocycles. The SMILES string of the molecule is CCCC(=O)NNC(=O)CCCOc1ccc(Cl)cc1C. The Kier molecular flexibility index (Phi) is 7.61. The van der Waals surface area contributed by atoms with Gasteiger partial charge in [-0.1, -0.05) is 18.5 Å². The Bertz CT molecular complexity index is 492. The highest BCUT2D eigenvalue weighted by molar-refractivity contribution is 6.30. The number of ether oxygens (including phenoxy) is 1. The number of nitrogens with one attached hydrogen (secondary N) is 2. The quantitative estimate of drug-likeness (QED) is 0.601. The monoisotopic (exact) mass is 312 g/mol. The van der Waals surface area contributed by atoms with Gasteiger partial charge in [-0.05, 0) is 43.5 Å². The lowest BCUT2D eigenvalue weighted by Gasteiger charge is -2.10. The summed E-state index contributed by atoms with van der Waals surface area (Å²) >= 11 is 5.86. The zero-order valence-electron chi connectivity index (χ0n) is 12.4. The van der Waals surface area contributed by atoms with Crippen LogP contribution >= 0.6 is 11.6 Å². The van der Waals surface area contributed by atoms with Crippen LogP contribution in [0.2, 0.25) is 5.02 Å². The Labute approximate surface area is 130 Å². The third-order valence-electron chi connectivity index (χ3n) is 2.76. The molecule has 1 rings (SSSR count). The molecule has 21 heavy (non-hydrogen) atoms. The van der Waals surface area contributed by atoms with Crippen molar-refractivity contribution in [2.75, 3.05) is 6.61 Å². The fraction of sp³-hybridized carbons (Fsp3) is 0.467. The zero-order chi connectivity index (χ0) is 15.7. The van der Waals surface area contributed by atoms with Crippen molar-refractivity contribution in [3.8, 4) is 5.75 Å². The van der Waals surface area contributed by atoms with Crippen molar-refractivity contribution in [2.45, 2.75) is 39.5 Å². The van der Waals surface area contributed by atoms with Crippen molar-refractivity contribution < 1.29 is 14.3 Å². The average molecular weight is 313 g/mol. The first-order chi connectivity index (χ1) is 10.0. The minimum Gasteiger partial charge on any atom is -0.493 e. The van der Waals surface area contributed by atoms with Crippen molar-refractivity contribution in [3.05, 3.63) is 28.8 Å². The predicted molar refractivity (Wildman–Crippen MR) is 82.1 cm³/mol. The van der Waals surface area contributed by atoms with Crippen molar-refractivity contribution in [3.63, 3.8) is 0 Å². The van der Waals surface area contributed by atoms with Gasteiger partial charge in [-0.15, -0.1) is 0 Å². The van der Waals surface area contributed by atoms with Crippen molar-refractivity contribution >= 4 is 23.4 Å². The van der Waals surface area contributed by atoms with Gasteiger partial charge < -0.3 is 4.74 Å². The lowest BCUT2D eigenvalue weighted by molar-refractivity contribution is -0.129. The lowest BCUT2D eigenvalue weighted by atomic mass is 10.2. The summed E-state index contributed by atoms with van der Waals surface area (Å²) in [6, 6.07) is 5.40. The number of rotatable bonds is 7. The third-order valence-corrected chi connectivity index (χ3v) is 3.00. The Morgan fingerprint density at radius 1 is 1.19 bits per heavy atom. The number of carbonyl (C=O) groups excluding carboxylic acids is 2. The molecule has 1 aromatic rings. The second kappa shape index (κ2) is 9.23. The minimum atomic E-state index is -0.226. The van der Waals surface area contributed by atoms with Crippen LogP contribution in [0, 0.1) is 6.92 Å². The summed E-state index contributed by atoms with van der Waals surface area (Å²) in [6.07, 6.45) is 2.01. The molecule has 0 atom stereocenters. The van der Waals surface area contributed by atoms with Crippen LogP contribution < -0.4 is 15.6 Å². The molecular formula is C15H21ClN2O3. The highest BCUT2D eigenvalue weighted by atomic mass is 35.5. The first kappa shape index (κ1) is 17.3. The van der Waals surface area contributed by atoms with E-state index in [9.17, 15) is 9.59 Å². The number of carbonyl (C=O) groups is 2. The summed E-state index contributed by atoms with van der Waals surface area (Å²) in [4.78, 5) is 22.6. The normalized spacial score (nSPS) is 10.0. The molecule has 0 aromatic heterocycles. The van der Waals surface area contributed by atoms with Gasteiger partial charge in [0.1, 0.15) is 5.75 Å². The number of halogens is 1. The first-order valence-electron chi connectivity index (χ1n) is 6.99. The third kappa shape index (κ3) is 6.99. The average Bonchev–Trinajstić information content (AvgIpc) is 2.43. The number of hydrogen-bond donors (Lipinski definition) is 2. The molecule has 6 heteroatoms. The molecular weight excluding hydrogens is 292 g/mol. The summed E-state index contributed by atoms with van der Waals surface area (Å²) in [5, 5.41) is 0.669. The Hall–Kier alpha value is -1.75. The van der Waals surface area contributed by atoms with Crippen LogP contribution in [0.1, 0.15) is 38.2 Å². The van der Waals surface area contributed by atoms with Crippen LogP contribution in [-0.4, -0.2) is 18.4 Å². The molecule has 0 unspecified atom stereocenters. The number of hydrazine groups is 1. The molecule has 0 spiro atoms. The summed E-state index contributed by atoms with van der Waals surface area (Å²) in [6.45, 7) is 4.24. The summed E-state index contributed by atoms with van der Waals surface area (Å²) in [5.41, 5.74) is 5.69. The van der Waals surface area contributed by atoms with Crippen LogP contribution in [0.3, 0.4) is 0 Å². The van der Waals surface area contributed by atoms with Gasteiger partial charge in [-0.25, -0.2) is 0 Å². The Morgan fingerprint density at radius 2 is 1.86 bits per heavy atom. The molecule has 0 radical (unpaired) electrons. The van der Waals surface area contributed by atoms with E-state index in [2.05, 4.69) is 10.9 Å². The van der Waals surface area contributed by atoms with Crippen LogP contribution in [-0.2, 0) is 9.59 Å². The second-order valence-electron chi connectivity index (χ2n) is 4.71. The van der Waals surface area contributed by atoms with E-state index in [0.29, 0.717) is 30.9 Å². The van der Waals surface area contributed by atoms with Gasteiger partial charge in [0.15, 0.2) is 0 Å². The standard InChI is InChI=1S/C15H21ClN2O3/c1-3-5-14(19)17-18-15(20)6-4-9-21-13-8-7-12(16)10-11(13)2/h7-8,10H,3-6,9H2,1-2H3,(H,17,19)(H,18,20). The molecule has 0 aliphatic heterocycles. The number of hydrogen-bond acceptors (Lipinski definition) is 3. The summed E-state index contributed by atoms with van der Waals surface area (Å²) in [5.74, 6) is 0.353. The molecule has 0 bridgehead atoms. The van der Waals surface area contributed by atoms with E-state index in [1.807, 2.05) is 26.0 Å². The van der Waals surface area contributed by atoms with E-state index < -0.39 is 0 Å². The van der Waals surface area contributed by atoms with Crippen LogP contribution in [0.25, 0.3) is 0 Å². The Morgan fingerprint density at radius 3 is 2.48 bits per heavy atom. The molecule has 5 nitrogen and oxygen atoms in total. The smallest absolute Gasteiger partial charge is 0.238 e. The van der Waals surface area contributed by atoms with Gasteiger partial charge in [0, 0.05) is 17.9 Å². The predicted octanol–water partition coefficient (Wildman–Crippen LogP) is 2.75. The van der Waals surface area contributed by atoms with Gasteiger partial charge in [0.05, 0.1) is 6.61 Å². The fourth-order valence-electron chi connectivity index (χ4n) is 1.68. The van der Waals surface area contributed by atoms with Crippen LogP contribution in [0.15, 0.2) is 18.2 Å². The molecule has 1 aromatic carbocycles. The van der Waals surface area contributed by atoms with Gasteiger partial charge in [-0.2, -0.15) is 0 Å². The minimum absolute atomic E-state index is 0.182. The number of amides is 2. The molecule has 0 saturated carbocycles. The van der Waals surface area contributed by atoms with Crippen molar-refractivity contribution in [1.29, 1.82) is 0 Å². The Balaban J connectivity index is 2.18. The summed E-state index contributed by atoms with van der Waals surface area (Å²) < 4.78 is 5.58. The maximum absolute atomic E-state index is 11.5. The molecule has 0 heterocycles. The van der Waals surface area contributed by atoms with Gasteiger partial charge in [0.2, 0.25) is 11.8 Å². The zero-order valence-corrected chi connectivity index (χ0v) is 13.1. The largest absolute Gasteiger partial charge is 0.493 e. The number of aryl methyl sites for hydroxylation is 1. The fourth-order valence-corrected chi connectivity index (χ4v) is 1.91. The van der Waals surface area contributed by atoms with E-state index in [1.54, 1.807) is 6.07 Å². The van der Waals surface area contributed by atoms with E-state index >= 15 is 0 Å². The van der Waals surface area contributed by atoms with E-state index in [1.165, 1.54) is 0 Å². The van der Waals surface area contributed by atoms with Crippen LogP contribution in [0.4, 0.5) is 0 Å². The van der Waals surface area contributed by atoms with Crippen molar-refractivity contribution in [1.82, 2.24) is 10.9 Å². The van der Waals surface area contributed by atoms with Gasteiger partial charge >= 0.3 is 0 Å². The highest BCUT2D eigenvalue weighted by Crippen LogP contribution is 2.21. The van der Waals surface area contributed by atoms with E-state index in [0.717, 1.165) is 17.7 Å². The van der Waals surface area contributed by atoms with E-state index in [-0.39, 0.29) is 11.8 Å². The van der Waals surface area contributed by atoms with Crippen LogP contribution in [0.5, 0.6) is 5.75 Å².